The van der Waals surface area contributed by atoms with Crippen molar-refractivity contribution in [3.8, 4) is 0 Å². The lowest BCUT2D eigenvalue weighted by Crippen LogP contribution is -2.45. The molecular weight excluding hydrogens is 318 g/mol. The van der Waals surface area contributed by atoms with E-state index in [-0.39, 0.29) is 19.1 Å². The first kappa shape index (κ1) is 20.0. The number of ether oxygens (including phenoxy) is 2. The third kappa shape index (κ3) is 5.53. The normalized spacial score (nSPS) is 25.9. The number of rotatable bonds is 7. The highest BCUT2D eigenvalue weighted by molar-refractivity contribution is 7.31. The minimum atomic E-state index is -0.285. The lowest BCUT2D eigenvalue weighted by atomic mass is 9.91. The lowest BCUT2D eigenvalue weighted by molar-refractivity contribution is -0.244. The van der Waals surface area contributed by atoms with E-state index in [4.69, 9.17) is 18.5 Å². The van der Waals surface area contributed by atoms with Crippen molar-refractivity contribution in [3.05, 3.63) is 35.4 Å². The van der Waals surface area contributed by atoms with Gasteiger partial charge in [-0.3, -0.25) is 0 Å². The minimum absolute atomic E-state index is 0. The Kier molecular flexibility index (Phi) is 9.01. The van der Waals surface area contributed by atoms with E-state index in [1.54, 1.807) is 0 Å². The third-order valence-corrected chi connectivity index (χ3v) is 4.34. The molecule has 4 nitrogen and oxygen atoms in total. The molecule has 0 aromatic heterocycles. The fraction of sp³-hybridized carbons (Fsp3) is 0.625. The molecule has 1 fully saturated rings. The summed E-state index contributed by atoms with van der Waals surface area (Å²) in [4.78, 5) is 0. The van der Waals surface area contributed by atoms with Crippen molar-refractivity contribution in [2.75, 3.05) is 39.8 Å². The average Bonchev–Trinajstić information content (AvgIpc) is 2.53. The van der Waals surface area contributed by atoms with Crippen LogP contribution in [0.25, 0.3) is 0 Å². The second-order valence-corrected chi connectivity index (χ2v) is 6.74. The van der Waals surface area contributed by atoms with Gasteiger partial charge in [0, 0.05) is 23.2 Å². The Morgan fingerprint density at radius 3 is 2.00 bits per heavy atom. The molecule has 2 unspecified atom stereocenters. The lowest BCUT2D eigenvalue weighted by Gasteiger charge is -2.39. The van der Waals surface area contributed by atoms with Crippen LogP contribution < -0.4 is 0 Å². The van der Waals surface area contributed by atoms with Crippen LogP contribution in [0, 0.1) is 12.3 Å². The Morgan fingerprint density at radius 1 is 1.05 bits per heavy atom. The van der Waals surface area contributed by atoms with Crippen LogP contribution in [-0.4, -0.2) is 39.8 Å². The second kappa shape index (κ2) is 9.93. The molecular formula is C16H28O4P2. The Labute approximate surface area is 138 Å². The van der Waals surface area contributed by atoms with Gasteiger partial charge in [0.2, 0.25) is 0 Å². The molecule has 1 heterocycles. The zero-order valence-electron chi connectivity index (χ0n) is 12.8. The fourth-order valence-corrected chi connectivity index (χ4v) is 3.07. The van der Waals surface area contributed by atoms with E-state index in [0.717, 1.165) is 5.56 Å². The van der Waals surface area contributed by atoms with Crippen molar-refractivity contribution in [3.63, 3.8) is 0 Å². The summed E-state index contributed by atoms with van der Waals surface area (Å²) in [6.07, 6.45) is -0.285. The third-order valence-electron chi connectivity index (χ3n) is 3.48. The predicted octanol–water partition coefficient (Wildman–Crippen LogP) is 4.14. The molecule has 0 spiro atoms. The van der Waals surface area contributed by atoms with Crippen LogP contribution in [0.2, 0.25) is 0 Å². The number of hydrogen-bond acceptors (Lipinski definition) is 4. The smallest absolute Gasteiger partial charge is 0.183 e. The average molecular weight is 346 g/mol. The Morgan fingerprint density at radius 2 is 1.55 bits per heavy atom. The molecule has 126 valence electrons. The van der Waals surface area contributed by atoms with Crippen LogP contribution in [-0.2, 0) is 18.5 Å². The van der Waals surface area contributed by atoms with Crippen LogP contribution in [0.15, 0.2) is 24.3 Å². The maximum absolute atomic E-state index is 5.94. The molecule has 6 heteroatoms. The summed E-state index contributed by atoms with van der Waals surface area (Å²) in [7, 11) is 0.938. The van der Waals surface area contributed by atoms with E-state index in [2.05, 4.69) is 31.2 Å². The molecule has 1 aromatic carbocycles. The van der Waals surface area contributed by atoms with Gasteiger partial charge in [-0.2, -0.15) is 0 Å². The summed E-state index contributed by atoms with van der Waals surface area (Å²) in [5.41, 5.74) is 2.11. The molecule has 0 radical (unpaired) electrons. The highest BCUT2D eigenvalue weighted by Crippen LogP contribution is 2.34. The SMILES string of the molecule is C.CPOCC1(COPC)COC(c2ccc(C)cc2)OC1. The summed E-state index contributed by atoms with van der Waals surface area (Å²) in [5.74, 6) is 0. The van der Waals surface area contributed by atoms with Gasteiger partial charge >= 0.3 is 0 Å². The molecule has 22 heavy (non-hydrogen) atoms. The van der Waals surface area contributed by atoms with Crippen LogP contribution in [0.1, 0.15) is 24.8 Å². The molecule has 0 bridgehead atoms. The van der Waals surface area contributed by atoms with Crippen LogP contribution in [0.4, 0.5) is 0 Å². The summed E-state index contributed by atoms with van der Waals surface area (Å²) >= 11 is 0. The molecule has 0 aliphatic carbocycles. The van der Waals surface area contributed by atoms with E-state index in [9.17, 15) is 0 Å². The van der Waals surface area contributed by atoms with Gasteiger partial charge in [0.05, 0.1) is 31.8 Å². The van der Waals surface area contributed by atoms with Gasteiger partial charge in [-0.15, -0.1) is 0 Å². The predicted molar refractivity (Wildman–Crippen MR) is 95.4 cm³/mol. The van der Waals surface area contributed by atoms with E-state index in [1.807, 2.05) is 13.3 Å². The van der Waals surface area contributed by atoms with Gasteiger partial charge in [0.15, 0.2) is 6.29 Å². The van der Waals surface area contributed by atoms with Crippen molar-refractivity contribution in [2.45, 2.75) is 20.6 Å². The van der Waals surface area contributed by atoms with Gasteiger partial charge in [0.25, 0.3) is 0 Å². The topological polar surface area (TPSA) is 36.9 Å². The van der Waals surface area contributed by atoms with Crippen LogP contribution in [0.3, 0.4) is 0 Å². The molecule has 2 rings (SSSR count). The molecule has 0 amide bonds. The number of aryl methyl sites for hydroxylation is 1. The Bertz CT molecular complexity index is 407. The molecule has 0 saturated carbocycles. The first-order chi connectivity index (χ1) is 10.2. The standard InChI is InChI=1S/C15H24O4P2.CH4/c1-12-4-6-13(7-5-12)14-16-8-15(9-17-14,10-18-20-2)11-19-21-3;/h4-7,14,20-21H,8-11H2,1-3H3;1H4. The van der Waals surface area contributed by atoms with E-state index >= 15 is 0 Å². The first-order valence-electron chi connectivity index (χ1n) is 7.06. The zero-order chi connectivity index (χ0) is 15.1. The van der Waals surface area contributed by atoms with Gasteiger partial charge in [0.1, 0.15) is 0 Å². The van der Waals surface area contributed by atoms with E-state index in [0.29, 0.717) is 44.0 Å². The highest BCUT2D eigenvalue weighted by Gasteiger charge is 2.38. The van der Waals surface area contributed by atoms with Crippen molar-refractivity contribution >= 4 is 17.6 Å². The van der Waals surface area contributed by atoms with Crippen LogP contribution in [0.5, 0.6) is 0 Å². The molecule has 1 aliphatic heterocycles. The zero-order valence-corrected chi connectivity index (χ0v) is 14.8. The Balaban J connectivity index is 0.00000242. The van der Waals surface area contributed by atoms with Gasteiger partial charge in [-0.1, -0.05) is 37.3 Å². The van der Waals surface area contributed by atoms with Crippen LogP contribution >= 0.6 is 17.6 Å². The number of benzene rings is 1. The van der Waals surface area contributed by atoms with Crippen molar-refractivity contribution < 1.29 is 18.5 Å². The molecule has 1 aliphatic rings. The summed E-state index contributed by atoms with van der Waals surface area (Å²) < 4.78 is 23.1. The van der Waals surface area contributed by atoms with Crippen molar-refractivity contribution in [1.82, 2.24) is 0 Å². The molecule has 0 N–H and O–H groups in total. The second-order valence-electron chi connectivity index (χ2n) is 5.35. The summed E-state index contributed by atoms with van der Waals surface area (Å²) in [6.45, 7) is 8.55. The molecule has 1 aromatic rings. The maximum atomic E-state index is 5.94. The van der Waals surface area contributed by atoms with E-state index in [1.165, 1.54) is 5.56 Å². The van der Waals surface area contributed by atoms with Gasteiger partial charge < -0.3 is 18.5 Å². The molecule has 2 atom stereocenters. The Hall–Kier alpha value is -0.0800. The highest BCUT2D eigenvalue weighted by atomic mass is 31.1. The van der Waals surface area contributed by atoms with Crippen molar-refractivity contribution in [2.24, 2.45) is 5.41 Å². The largest absolute Gasteiger partial charge is 0.362 e. The van der Waals surface area contributed by atoms with E-state index < -0.39 is 0 Å². The molecule has 1 saturated heterocycles. The van der Waals surface area contributed by atoms with Gasteiger partial charge in [-0.25, -0.2) is 0 Å². The fourth-order valence-electron chi connectivity index (χ4n) is 2.17. The maximum Gasteiger partial charge on any atom is 0.183 e. The minimum Gasteiger partial charge on any atom is -0.362 e. The quantitative estimate of drug-likeness (QED) is 0.695. The summed E-state index contributed by atoms with van der Waals surface area (Å²) in [6, 6.07) is 8.26. The first-order valence-corrected chi connectivity index (χ1v) is 9.88. The monoisotopic (exact) mass is 346 g/mol. The summed E-state index contributed by atoms with van der Waals surface area (Å²) in [5, 5.41) is 0. The van der Waals surface area contributed by atoms with Gasteiger partial charge in [-0.05, 0) is 20.3 Å². The van der Waals surface area contributed by atoms with Crippen molar-refractivity contribution in [1.29, 1.82) is 0 Å². The number of hydrogen-bond donors (Lipinski definition) is 0.